The molecule has 62 valence electrons. The van der Waals surface area contributed by atoms with Crippen molar-refractivity contribution in [3.8, 4) is 0 Å². The van der Waals surface area contributed by atoms with Crippen LogP contribution in [0.15, 0.2) is 43.1 Å². The first-order valence-corrected chi connectivity index (χ1v) is 4.10. The molecule has 3 aromatic rings. The van der Waals surface area contributed by atoms with Crippen LogP contribution in [0.1, 0.15) is 0 Å². The Kier molecular flexibility index (Phi) is 1.16. The highest BCUT2D eigenvalue weighted by Gasteiger charge is 1.99. The van der Waals surface area contributed by atoms with E-state index in [2.05, 4.69) is 16.0 Å². The Morgan fingerprint density at radius 1 is 1.23 bits per heavy atom. The minimum atomic E-state index is 1.00. The van der Waals surface area contributed by atoms with Crippen molar-refractivity contribution in [3.63, 3.8) is 0 Å². The minimum Gasteiger partial charge on any atom is -0.304 e. The Morgan fingerprint density at radius 3 is 3.23 bits per heavy atom. The van der Waals surface area contributed by atoms with Crippen LogP contribution in [0.4, 0.5) is 0 Å². The van der Waals surface area contributed by atoms with Crippen LogP contribution in [0.25, 0.3) is 16.4 Å². The van der Waals surface area contributed by atoms with Gasteiger partial charge in [0.25, 0.3) is 0 Å². The Labute approximate surface area is 74.7 Å². The number of imidazole rings is 1. The number of fused-ring (bicyclic) bond motifs is 3. The fourth-order valence-electron chi connectivity index (χ4n) is 1.53. The van der Waals surface area contributed by atoms with Gasteiger partial charge in [-0.2, -0.15) is 0 Å². The average molecular weight is 169 g/mol. The van der Waals surface area contributed by atoms with E-state index in [1.165, 1.54) is 0 Å². The molecular formula is C10H7N3. The molecule has 3 aromatic heterocycles. The van der Waals surface area contributed by atoms with Gasteiger partial charge in [-0.1, -0.05) is 6.07 Å². The molecule has 0 amide bonds. The summed E-state index contributed by atoms with van der Waals surface area (Å²) in [6.45, 7) is 0. The molecule has 0 saturated heterocycles. The first kappa shape index (κ1) is 6.60. The predicted molar refractivity (Wildman–Crippen MR) is 50.5 cm³/mol. The first-order chi connectivity index (χ1) is 6.45. The fraction of sp³-hybridized carbons (Fsp3) is 0. The molecule has 0 N–H and O–H groups in total. The lowest BCUT2D eigenvalue weighted by atomic mass is 10.2. The van der Waals surface area contributed by atoms with Gasteiger partial charge in [0, 0.05) is 17.8 Å². The summed E-state index contributed by atoms with van der Waals surface area (Å²) in [6.07, 6.45) is 7.40. The van der Waals surface area contributed by atoms with Gasteiger partial charge < -0.3 is 4.40 Å². The quantitative estimate of drug-likeness (QED) is 0.514. The van der Waals surface area contributed by atoms with Crippen molar-refractivity contribution in [2.24, 2.45) is 0 Å². The van der Waals surface area contributed by atoms with E-state index >= 15 is 0 Å². The van der Waals surface area contributed by atoms with Gasteiger partial charge in [0.1, 0.15) is 0 Å². The molecule has 0 spiro atoms. The topological polar surface area (TPSA) is 30.2 Å². The van der Waals surface area contributed by atoms with Crippen LogP contribution >= 0.6 is 0 Å². The lowest BCUT2D eigenvalue weighted by Gasteiger charge is -1.98. The molecular weight excluding hydrogens is 162 g/mol. The number of nitrogens with zero attached hydrogens (tertiary/aromatic N) is 3. The molecule has 0 radical (unpaired) electrons. The fourth-order valence-corrected chi connectivity index (χ4v) is 1.53. The maximum Gasteiger partial charge on any atom is 0.0992 e. The molecule has 0 saturated carbocycles. The van der Waals surface area contributed by atoms with Crippen molar-refractivity contribution in [1.82, 2.24) is 14.4 Å². The predicted octanol–water partition coefficient (Wildman–Crippen LogP) is 1.88. The monoisotopic (exact) mass is 169 g/mol. The van der Waals surface area contributed by atoms with E-state index in [4.69, 9.17) is 0 Å². The molecule has 3 rings (SSSR count). The molecule has 13 heavy (non-hydrogen) atoms. The zero-order valence-electron chi connectivity index (χ0n) is 6.88. The Bertz CT molecular complexity index is 568. The molecule has 0 atom stereocenters. The second-order valence-corrected chi connectivity index (χ2v) is 2.94. The van der Waals surface area contributed by atoms with Crippen molar-refractivity contribution in [2.75, 3.05) is 0 Å². The molecule has 0 aliphatic rings. The van der Waals surface area contributed by atoms with E-state index in [9.17, 15) is 0 Å². The summed E-state index contributed by atoms with van der Waals surface area (Å²) in [4.78, 5) is 8.40. The van der Waals surface area contributed by atoms with Gasteiger partial charge in [-0.15, -0.1) is 0 Å². The van der Waals surface area contributed by atoms with Crippen LogP contribution in [0.2, 0.25) is 0 Å². The van der Waals surface area contributed by atoms with E-state index in [1.54, 1.807) is 12.5 Å². The van der Waals surface area contributed by atoms with Crippen LogP contribution in [0, 0.1) is 0 Å². The third-order valence-corrected chi connectivity index (χ3v) is 2.16. The lowest BCUT2D eigenvalue weighted by molar-refractivity contribution is 1.16. The van der Waals surface area contributed by atoms with Crippen LogP contribution < -0.4 is 0 Å². The number of aromatic nitrogens is 3. The molecule has 0 fully saturated rings. The van der Waals surface area contributed by atoms with E-state index in [0.29, 0.717) is 0 Å². The maximum atomic E-state index is 4.32. The van der Waals surface area contributed by atoms with Gasteiger partial charge >= 0.3 is 0 Å². The summed E-state index contributed by atoms with van der Waals surface area (Å²) in [6, 6.07) is 6.03. The summed E-state index contributed by atoms with van der Waals surface area (Å²) >= 11 is 0. The summed E-state index contributed by atoms with van der Waals surface area (Å²) < 4.78 is 1.97. The summed E-state index contributed by atoms with van der Waals surface area (Å²) in [5.74, 6) is 0. The molecule has 0 unspecified atom stereocenters. The second-order valence-electron chi connectivity index (χ2n) is 2.94. The first-order valence-electron chi connectivity index (χ1n) is 4.10. The van der Waals surface area contributed by atoms with Crippen LogP contribution in [0.5, 0.6) is 0 Å². The Balaban J connectivity index is 2.65. The molecule has 0 aromatic carbocycles. The molecule has 3 heteroatoms. The molecule has 3 heterocycles. The number of rotatable bonds is 0. The summed E-state index contributed by atoms with van der Waals surface area (Å²) in [5.41, 5.74) is 2.06. The zero-order chi connectivity index (χ0) is 8.67. The highest BCUT2D eigenvalue weighted by molar-refractivity contribution is 5.91. The standard InChI is InChI=1S/C10H7N3/c1-2-8-3-5-13-7-11-6-9(13)10(8)12-4-1/h1-7H. The highest BCUT2D eigenvalue weighted by atomic mass is 15.0. The van der Waals surface area contributed by atoms with E-state index in [0.717, 1.165) is 16.4 Å². The molecule has 0 aliphatic carbocycles. The van der Waals surface area contributed by atoms with E-state index < -0.39 is 0 Å². The van der Waals surface area contributed by atoms with Crippen molar-refractivity contribution in [2.45, 2.75) is 0 Å². The van der Waals surface area contributed by atoms with E-state index in [-0.39, 0.29) is 0 Å². The van der Waals surface area contributed by atoms with Crippen molar-refractivity contribution >= 4 is 16.4 Å². The molecule has 0 aliphatic heterocycles. The van der Waals surface area contributed by atoms with Crippen molar-refractivity contribution < 1.29 is 0 Å². The number of pyridine rings is 2. The third-order valence-electron chi connectivity index (χ3n) is 2.16. The average Bonchev–Trinajstić information content (AvgIpc) is 2.65. The Morgan fingerprint density at radius 2 is 2.23 bits per heavy atom. The van der Waals surface area contributed by atoms with Gasteiger partial charge in [-0.3, -0.25) is 4.98 Å². The van der Waals surface area contributed by atoms with Gasteiger partial charge in [0.15, 0.2) is 0 Å². The zero-order valence-corrected chi connectivity index (χ0v) is 6.88. The van der Waals surface area contributed by atoms with Crippen molar-refractivity contribution in [1.29, 1.82) is 0 Å². The van der Waals surface area contributed by atoms with E-state index in [1.807, 2.05) is 28.9 Å². The minimum absolute atomic E-state index is 1.00. The number of hydrogen-bond donors (Lipinski definition) is 0. The third kappa shape index (κ3) is 0.839. The molecule has 3 nitrogen and oxygen atoms in total. The SMILES string of the molecule is c1cnc2c(c1)ccn1cncc21. The largest absolute Gasteiger partial charge is 0.304 e. The lowest BCUT2D eigenvalue weighted by Crippen LogP contribution is -1.84. The molecule has 0 bridgehead atoms. The van der Waals surface area contributed by atoms with Gasteiger partial charge in [-0.05, 0) is 12.1 Å². The van der Waals surface area contributed by atoms with Gasteiger partial charge in [-0.25, -0.2) is 4.98 Å². The second kappa shape index (κ2) is 2.29. The Hall–Kier alpha value is -1.90. The van der Waals surface area contributed by atoms with Crippen LogP contribution in [-0.2, 0) is 0 Å². The van der Waals surface area contributed by atoms with Gasteiger partial charge in [0.2, 0.25) is 0 Å². The van der Waals surface area contributed by atoms with Crippen LogP contribution in [0.3, 0.4) is 0 Å². The summed E-state index contributed by atoms with van der Waals surface area (Å²) in [5, 5.41) is 1.15. The van der Waals surface area contributed by atoms with Crippen LogP contribution in [-0.4, -0.2) is 14.4 Å². The normalized spacial score (nSPS) is 11.1. The summed E-state index contributed by atoms with van der Waals surface area (Å²) in [7, 11) is 0. The number of hydrogen-bond acceptors (Lipinski definition) is 2. The van der Waals surface area contributed by atoms with Gasteiger partial charge in [0.05, 0.1) is 23.6 Å². The smallest absolute Gasteiger partial charge is 0.0992 e. The maximum absolute atomic E-state index is 4.32. The highest BCUT2D eigenvalue weighted by Crippen LogP contribution is 2.15. The van der Waals surface area contributed by atoms with Crippen molar-refractivity contribution in [3.05, 3.63) is 43.1 Å².